The molecule has 0 aliphatic rings. The van der Waals surface area contributed by atoms with Crippen molar-refractivity contribution in [2.45, 2.75) is 26.7 Å². The highest BCUT2D eigenvalue weighted by Gasteiger charge is 2.03. The summed E-state index contributed by atoms with van der Waals surface area (Å²) in [6.07, 6.45) is 1.93. The molecule has 0 radical (unpaired) electrons. The van der Waals surface area contributed by atoms with E-state index < -0.39 is 0 Å². The summed E-state index contributed by atoms with van der Waals surface area (Å²) in [5.74, 6) is 0.637. The lowest BCUT2D eigenvalue weighted by molar-refractivity contribution is 0.881. The first-order valence-electron chi connectivity index (χ1n) is 3.13. The van der Waals surface area contributed by atoms with Crippen LogP contribution in [0.15, 0.2) is 6.20 Å². The van der Waals surface area contributed by atoms with Crippen LogP contribution in [-0.2, 0) is 0 Å². The largest absolute Gasteiger partial charge is 0.201 e. The molecule has 0 spiro atoms. The van der Waals surface area contributed by atoms with Gasteiger partial charge in [-0.05, 0) is 29.9 Å². The van der Waals surface area contributed by atoms with Crippen LogP contribution in [-0.4, -0.2) is 4.37 Å². The molecule has 50 valence electrons. The van der Waals surface area contributed by atoms with E-state index in [1.807, 2.05) is 6.20 Å². The molecular weight excluding hydrogens is 130 g/mol. The van der Waals surface area contributed by atoms with E-state index in [-0.39, 0.29) is 0 Å². The summed E-state index contributed by atoms with van der Waals surface area (Å²) in [4.78, 5) is 1.41. The van der Waals surface area contributed by atoms with Crippen LogP contribution in [0.25, 0.3) is 0 Å². The predicted molar refractivity (Wildman–Crippen MR) is 40.9 cm³/mol. The summed E-state index contributed by atoms with van der Waals surface area (Å²) >= 11 is 1.61. The topological polar surface area (TPSA) is 12.9 Å². The van der Waals surface area contributed by atoms with Crippen molar-refractivity contribution in [2.24, 2.45) is 0 Å². The summed E-state index contributed by atoms with van der Waals surface area (Å²) in [5.41, 5.74) is 1.33. The smallest absolute Gasteiger partial charge is 0.0439 e. The third-order valence-corrected chi connectivity index (χ3v) is 2.51. The van der Waals surface area contributed by atoms with Gasteiger partial charge in [-0.15, -0.1) is 0 Å². The number of aromatic nitrogens is 1. The lowest BCUT2D eigenvalue weighted by atomic mass is 10.1. The van der Waals surface area contributed by atoms with Gasteiger partial charge in [0, 0.05) is 11.1 Å². The molecule has 1 heterocycles. The van der Waals surface area contributed by atoms with E-state index in [0.29, 0.717) is 5.92 Å². The molecule has 0 aliphatic heterocycles. The second kappa shape index (κ2) is 2.48. The third kappa shape index (κ3) is 1.30. The van der Waals surface area contributed by atoms with Gasteiger partial charge in [-0.25, -0.2) is 4.37 Å². The van der Waals surface area contributed by atoms with Crippen LogP contribution >= 0.6 is 11.5 Å². The number of hydrogen-bond donors (Lipinski definition) is 0. The van der Waals surface area contributed by atoms with E-state index in [1.165, 1.54) is 10.4 Å². The summed E-state index contributed by atoms with van der Waals surface area (Å²) < 4.78 is 4.08. The molecule has 1 rings (SSSR count). The molecule has 2 heteroatoms. The third-order valence-electron chi connectivity index (χ3n) is 1.31. The zero-order valence-corrected chi connectivity index (χ0v) is 6.83. The molecular formula is C7H11NS. The predicted octanol–water partition coefficient (Wildman–Crippen LogP) is 2.57. The van der Waals surface area contributed by atoms with E-state index in [1.54, 1.807) is 11.5 Å². The average Bonchev–Trinajstić information content (AvgIpc) is 2.13. The van der Waals surface area contributed by atoms with Crippen molar-refractivity contribution < 1.29 is 0 Å². The molecule has 0 fully saturated rings. The van der Waals surface area contributed by atoms with E-state index in [2.05, 4.69) is 25.1 Å². The standard InChI is InChI=1S/C7H11NS/c1-5(2)7-6(3)4-8-9-7/h4-5H,1-3H3. The van der Waals surface area contributed by atoms with Gasteiger partial charge in [0.15, 0.2) is 0 Å². The van der Waals surface area contributed by atoms with Gasteiger partial charge in [-0.3, -0.25) is 0 Å². The van der Waals surface area contributed by atoms with Gasteiger partial charge >= 0.3 is 0 Å². The first-order chi connectivity index (χ1) is 4.22. The van der Waals surface area contributed by atoms with E-state index in [9.17, 15) is 0 Å². The van der Waals surface area contributed by atoms with Crippen molar-refractivity contribution >= 4 is 11.5 Å². The summed E-state index contributed by atoms with van der Waals surface area (Å²) in [6.45, 7) is 6.50. The molecule has 9 heavy (non-hydrogen) atoms. The quantitative estimate of drug-likeness (QED) is 0.585. The summed E-state index contributed by atoms with van der Waals surface area (Å²) in [5, 5.41) is 0. The van der Waals surface area contributed by atoms with Crippen LogP contribution in [0.1, 0.15) is 30.2 Å². The molecule has 0 saturated heterocycles. The normalized spacial score (nSPS) is 10.7. The minimum atomic E-state index is 0.637. The van der Waals surface area contributed by atoms with Crippen LogP contribution in [0, 0.1) is 6.92 Å². The number of hydrogen-bond acceptors (Lipinski definition) is 2. The SMILES string of the molecule is Cc1cnsc1C(C)C. The van der Waals surface area contributed by atoms with Crippen molar-refractivity contribution in [3.63, 3.8) is 0 Å². The fraction of sp³-hybridized carbons (Fsp3) is 0.571. The Hall–Kier alpha value is -0.370. The van der Waals surface area contributed by atoms with E-state index >= 15 is 0 Å². The van der Waals surface area contributed by atoms with Crippen LogP contribution in [0.5, 0.6) is 0 Å². The molecule has 0 bridgehead atoms. The van der Waals surface area contributed by atoms with Crippen molar-refractivity contribution in [1.29, 1.82) is 0 Å². The second-order valence-electron chi connectivity index (χ2n) is 2.53. The minimum Gasteiger partial charge on any atom is -0.201 e. The minimum absolute atomic E-state index is 0.637. The van der Waals surface area contributed by atoms with Gasteiger partial charge in [-0.1, -0.05) is 13.8 Å². The molecule has 1 aromatic heterocycles. The van der Waals surface area contributed by atoms with Crippen molar-refractivity contribution in [3.8, 4) is 0 Å². The van der Waals surface area contributed by atoms with Crippen LogP contribution in [0.2, 0.25) is 0 Å². The first-order valence-corrected chi connectivity index (χ1v) is 3.90. The lowest BCUT2D eigenvalue weighted by Gasteiger charge is -1.98. The molecule has 0 N–H and O–H groups in total. The fourth-order valence-electron chi connectivity index (χ4n) is 0.859. The van der Waals surface area contributed by atoms with Crippen molar-refractivity contribution in [3.05, 3.63) is 16.6 Å². The molecule has 0 unspecified atom stereocenters. The Bertz CT molecular complexity index is 191. The molecule has 0 aliphatic carbocycles. The highest BCUT2D eigenvalue weighted by atomic mass is 32.1. The van der Waals surface area contributed by atoms with Crippen LogP contribution in [0.3, 0.4) is 0 Å². The molecule has 0 amide bonds. The average molecular weight is 141 g/mol. The zero-order chi connectivity index (χ0) is 6.85. The lowest BCUT2D eigenvalue weighted by Crippen LogP contribution is -1.82. The van der Waals surface area contributed by atoms with Gasteiger partial charge in [0.2, 0.25) is 0 Å². The number of rotatable bonds is 1. The molecule has 0 aromatic carbocycles. The molecule has 1 nitrogen and oxygen atoms in total. The van der Waals surface area contributed by atoms with Gasteiger partial charge < -0.3 is 0 Å². The maximum Gasteiger partial charge on any atom is 0.0439 e. The molecule has 1 aromatic rings. The number of nitrogens with zero attached hydrogens (tertiary/aromatic N) is 1. The Morgan fingerprint density at radius 3 is 2.44 bits per heavy atom. The maximum atomic E-state index is 4.08. The van der Waals surface area contributed by atoms with E-state index in [4.69, 9.17) is 0 Å². The second-order valence-corrected chi connectivity index (χ2v) is 3.36. The Kier molecular flexibility index (Phi) is 1.86. The Balaban J connectivity index is 2.94. The van der Waals surface area contributed by atoms with Gasteiger partial charge in [0.1, 0.15) is 0 Å². The number of aryl methyl sites for hydroxylation is 1. The van der Waals surface area contributed by atoms with Crippen molar-refractivity contribution in [2.75, 3.05) is 0 Å². The van der Waals surface area contributed by atoms with E-state index in [0.717, 1.165) is 0 Å². The summed E-state index contributed by atoms with van der Waals surface area (Å²) in [6, 6.07) is 0. The van der Waals surface area contributed by atoms with Crippen LogP contribution in [0.4, 0.5) is 0 Å². The van der Waals surface area contributed by atoms with Gasteiger partial charge in [0.05, 0.1) is 0 Å². The van der Waals surface area contributed by atoms with Gasteiger partial charge in [0.25, 0.3) is 0 Å². The zero-order valence-electron chi connectivity index (χ0n) is 6.01. The fourth-order valence-corrected chi connectivity index (χ4v) is 1.59. The Morgan fingerprint density at radius 1 is 1.56 bits per heavy atom. The van der Waals surface area contributed by atoms with Crippen LogP contribution < -0.4 is 0 Å². The van der Waals surface area contributed by atoms with Crippen molar-refractivity contribution in [1.82, 2.24) is 4.37 Å². The van der Waals surface area contributed by atoms with Gasteiger partial charge in [-0.2, -0.15) is 0 Å². The molecule has 0 saturated carbocycles. The Morgan fingerprint density at radius 2 is 2.22 bits per heavy atom. The highest BCUT2D eigenvalue weighted by Crippen LogP contribution is 2.21. The Labute approximate surface area is 59.9 Å². The summed E-state index contributed by atoms with van der Waals surface area (Å²) in [7, 11) is 0. The maximum absolute atomic E-state index is 4.08. The highest BCUT2D eigenvalue weighted by molar-refractivity contribution is 7.06. The first kappa shape index (κ1) is 6.75. The monoisotopic (exact) mass is 141 g/mol. The molecule has 0 atom stereocenters.